The van der Waals surface area contributed by atoms with Crippen molar-refractivity contribution in [1.29, 1.82) is 0 Å². The summed E-state index contributed by atoms with van der Waals surface area (Å²) in [4.78, 5) is 27.1. The van der Waals surface area contributed by atoms with Gasteiger partial charge < -0.3 is 20.8 Å². The normalized spacial score (nSPS) is 11.7. The first-order chi connectivity index (χ1) is 14.3. The van der Waals surface area contributed by atoms with Gasteiger partial charge in [-0.25, -0.2) is 18.6 Å². The molecule has 3 amide bonds. The maximum absolute atomic E-state index is 13.8. The van der Waals surface area contributed by atoms with Crippen LogP contribution in [0.25, 0.3) is 11.3 Å². The summed E-state index contributed by atoms with van der Waals surface area (Å²) in [6.07, 6.45) is 1.50. The number of aromatic nitrogens is 1. The lowest BCUT2D eigenvalue weighted by Crippen LogP contribution is -2.26. The monoisotopic (exact) mass is 414 g/mol. The lowest BCUT2D eigenvalue weighted by atomic mass is 10.1. The molecule has 0 saturated heterocycles. The zero-order chi connectivity index (χ0) is 21.7. The van der Waals surface area contributed by atoms with Gasteiger partial charge in [0.15, 0.2) is 11.7 Å². The van der Waals surface area contributed by atoms with E-state index in [0.717, 1.165) is 17.7 Å². The molecule has 3 rings (SSSR count). The number of carbonyl (C=O) groups excluding carboxylic acids is 2. The first kappa shape index (κ1) is 21.0. The Hall–Kier alpha value is -3.75. The Morgan fingerprint density at radius 3 is 2.43 bits per heavy atom. The zero-order valence-electron chi connectivity index (χ0n) is 16.1. The summed E-state index contributed by atoms with van der Waals surface area (Å²) in [5, 5.41) is 5.30. The highest BCUT2D eigenvalue weighted by molar-refractivity contribution is 5.87. The summed E-state index contributed by atoms with van der Waals surface area (Å²) in [6.45, 7) is 1.82. The van der Waals surface area contributed by atoms with E-state index in [9.17, 15) is 18.4 Å². The van der Waals surface area contributed by atoms with Crippen molar-refractivity contribution in [2.45, 2.75) is 25.8 Å². The quantitative estimate of drug-likeness (QED) is 0.544. The molecule has 30 heavy (non-hydrogen) atoms. The van der Waals surface area contributed by atoms with Gasteiger partial charge in [0.2, 0.25) is 5.91 Å². The highest BCUT2D eigenvalue weighted by Crippen LogP contribution is 2.26. The number of benzene rings is 2. The van der Waals surface area contributed by atoms with Crippen LogP contribution in [0.1, 0.15) is 30.8 Å². The van der Waals surface area contributed by atoms with Gasteiger partial charge >= 0.3 is 6.03 Å². The molecule has 0 unspecified atom stereocenters. The number of halogens is 2. The Labute approximate surface area is 171 Å². The van der Waals surface area contributed by atoms with Gasteiger partial charge in [0.1, 0.15) is 11.6 Å². The first-order valence-corrected chi connectivity index (χ1v) is 9.18. The smallest absolute Gasteiger partial charge is 0.316 e. The second kappa shape index (κ2) is 9.17. The van der Waals surface area contributed by atoms with Gasteiger partial charge in [-0.15, -0.1) is 0 Å². The highest BCUT2D eigenvalue weighted by Gasteiger charge is 2.17. The third kappa shape index (κ3) is 5.19. The van der Waals surface area contributed by atoms with Crippen molar-refractivity contribution in [3.63, 3.8) is 0 Å². The summed E-state index contributed by atoms with van der Waals surface area (Å²) in [6, 6.07) is 9.48. The number of nitrogens with zero attached hydrogens (tertiary/aromatic N) is 1. The number of urea groups is 1. The van der Waals surface area contributed by atoms with Crippen molar-refractivity contribution in [3.8, 4) is 11.3 Å². The molecule has 0 saturated carbocycles. The van der Waals surface area contributed by atoms with Crippen LogP contribution in [0.4, 0.5) is 19.3 Å². The molecular weight excluding hydrogens is 394 g/mol. The molecule has 0 spiro atoms. The van der Waals surface area contributed by atoms with Gasteiger partial charge in [-0.05, 0) is 36.8 Å². The average molecular weight is 414 g/mol. The molecule has 1 heterocycles. The predicted molar refractivity (Wildman–Crippen MR) is 106 cm³/mol. The van der Waals surface area contributed by atoms with E-state index in [4.69, 9.17) is 10.2 Å². The van der Waals surface area contributed by atoms with Crippen molar-refractivity contribution >= 4 is 17.6 Å². The number of rotatable bonds is 7. The minimum Gasteiger partial charge on any atom is -0.441 e. The number of primary amides is 1. The van der Waals surface area contributed by atoms with Crippen molar-refractivity contribution in [3.05, 3.63) is 71.8 Å². The molecule has 0 bridgehead atoms. The van der Waals surface area contributed by atoms with Crippen LogP contribution in [0, 0.1) is 11.6 Å². The number of amides is 3. The maximum atomic E-state index is 13.8. The van der Waals surface area contributed by atoms with E-state index in [1.165, 1.54) is 12.3 Å². The van der Waals surface area contributed by atoms with E-state index in [1.807, 2.05) is 6.92 Å². The van der Waals surface area contributed by atoms with Gasteiger partial charge in [0, 0.05) is 18.5 Å². The van der Waals surface area contributed by atoms with E-state index >= 15 is 0 Å². The molecule has 0 aliphatic carbocycles. The molecule has 0 radical (unpaired) electrons. The predicted octanol–water partition coefficient (Wildman–Crippen LogP) is 3.92. The third-order valence-corrected chi connectivity index (χ3v) is 4.38. The van der Waals surface area contributed by atoms with Gasteiger partial charge in [-0.3, -0.25) is 4.79 Å². The van der Waals surface area contributed by atoms with Crippen molar-refractivity contribution in [2.75, 3.05) is 5.32 Å². The van der Waals surface area contributed by atoms with Gasteiger partial charge in [-0.2, -0.15) is 0 Å². The maximum Gasteiger partial charge on any atom is 0.316 e. The SMILES string of the molecule is C[C@@H](NC(=O)CCc1ncc(-c2c(F)cccc2F)o1)c1ccc(NC(N)=O)cc1. The number of hydrogen-bond acceptors (Lipinski definition) is 4. The van der Waals surface area contributed by atoms with Crippen molar-refractivity contribution < 1.29 is 22.8 Å². The van der Waals surface area contributed by atoms with E-state index in [0.29, 0.717) is 5.69 Å². The number of hydrogen-bond donors (Lipinski definition) is 3. The topological polar surface area (TPSA) is 110 Å². The number of carbonyl (C=O) groups is 2. The van der Waals surface area contributed by atoms with E-state index in [1.54, 1.807) is 24.3 Å². The second-order valence-corrected chi connectivity index (χ2v) is 6.62. The Balaban J connectivity index is 1.55. The number of oxazole rings is 1. The highest BCUT2D eigenvalue weighted by atomic mass is 19.1. The number of anilines is 1. The molecule has 2 aromatic carbocycles. The van der Waals surface area contributed by atoms with E-state index in [-0.39, 0.29) is 42.0 Å². The van der Waals surface area contributed by atoms with Crippen LogP contribution in [0.5, 0.6) is 0 Å². The molecule has 9 heteroatoms. The van der Waals surface area contributed by atoms with Gasteiger partial charge in [0.05, 0.1) is 17.8 Å². The molecular formula is C21H20F2N4O3. The van der Waals surface area contributed by atoms with Gasteiger partial charge in [0.25, 0.3) is 0 Å². The molecule has 0 fully saturated rings. The minimum atomic E-state index is -0.749. The molecule has 1 atom stereocenters. The Kier molecular flexibility index (Phi) is 6.41. The Morgan fingerprint density at radius 2 is 1.80 bits per heavy atom. The molecule has 4 N–H and O–H groups in total. The van der Waals surface area contributed by atoms with E-state index in [2.05, 4.69) is 15.6 Å². The minimum absolute atomic E-state index is 0.0287. The summed E-state index contributed by atoms with van der Waals surface area (Å²) >= 11 is 0. The Bertz CT molecular complexity index is 1030. The lowest BCUT2D eigenvalue weighted by molar-refractivity contribution is -0.121. The van der Waals surface area contributed by atoms with Crippen LogP contribution in [-0.2, 0) is 11.2 Å². The third-order valence-electron chi connectivity index (χ3n) is 4.38. The standard InChI is InChI=1S/C21H20F2N4O3/c1-12(13-5-7-14(8-6-13)27-21(24)29)26-18(28)9-10-19-25-11-17(30-19)20-15(22)3-2-4-16(20)23/h2-8,11-12H,9-10H2,1H3,(H,26,28)(H3,24,27,29)/t12-/m1/s1. The summed E-state index contributed by atoms with van der Waals surface area (Å²) in [5.41, 5.74) is 6.16. The lowest BCUT2D eigenvalue weighted by Gasteiger charge is -2.14. The van der Waals surface area contributed by atoms with Crippen molar-refractivity contribution in [2.24, 2.45) is 5.73 Å². The summed E-state index contributed by atoms with van der Waals surface area (Å²) in [7, 11) is 0. The van der Waals surface area contributed by atoms with Crippen LogP contribution in [0.3, 0.4) is 0 Å². The molecule has 0 aliphatic rings. The van der Waals surface area contributed by atoms with Gasteiger partial charge in [-0.1, -0.05) is 18.2 Å². The Morgan fingerprint density at radius 1 is 1.13 bits per heavy atom. The zero-order valence-corrected chi connectivity index (χ0v) is 16.1. The molecule has 7 nitrogen and oxygen atoms in total. The molecule has 0 aliphatic heterocycles. The fourth-order valence-corrected chi connectivity index (χ4v) is 2.89. The summed E-state index contributed by atoms with van der Waals surface area (Å²) < 4.78 is 33.1. The van der Waals surface area contributed by atoms with E-state index < -0.39 is 17.7 Å². The summed E-state index contributed by atoms with van der Waals surface area (Å²) in [5.74, 6) is -1.56. The number of nitrogens with one attached hydrogen (secondary N) is 2. The average Bonchev–Trinajstić information content (AvgIpc) is 3.15. The van der Waals surface area contributed by atoms with Crippen LogP contribution >= 0.6 is 0 Å². The molecule has 3 aromatic rings. The molecule has 156 valence electrons. The first-order valence-electron chi connectivity index (χ1n) is 9.18. The largest absolute Gasteiger partial charge is 0.441 e. The number of aryl methyl sites for hydroxylation is 1. The van der Waals surface area contributed by atoms with Crippen LogP contribution in [0.15, 0.2) is 53.1 Å². The fourth-order valence-electron chi connectivity index (χ4n) is 2.89. The second-order valence-electron chi connectivity index (χ2n) is 6.62. The van der Waals surface area contributed by atoms with Crippen LogP contribution in [-0.4, -0.2) is 16.9 Å². The molecule has 1 aromatic heterocycles. The fraction of sp³-hybridized carbons (Fsp3) is 0.190. The van der Waals surface area contributed by atoms with Crippen molar-refractivity contribution in [1.82, 2.24) is 10.3 Å². The number of nitrogens with two attached hydrogens (primary N) is 1. The van der Waals surface area contributed by atoms with Crippen LogP contribution < -0.4 is 16.4 Å². The van der Waals surface area contributed by atoms with Crippen LogP contribution in [0.2, 0.25) is 0 Å².